The lowest BCUT2D eigenvalue weighted by Crippen LogP contribution is -2.07. The van der Waals surface area contributed by atoms with Crippen molar-refractivity contribution in [3.05, 3.63) is 29.6 Å². The first kappa shape index (κ1) is 11.5. The van der Waals surface area contributed by atoms with Gasteiger partial charge >= 0.3 is 5.97 Å². The summed E-state index contributed by atoms with van der Waals surface area (Å²) in [4.78, 5) is 10.4. The fourth-order valence-electron chi connectivity index (χ4n) is 1.24. The van der Waals surface area contributed by atoms with Gasteiger partial charge in [-0.25, -0.2) is 4.39 Å². The summed E-state index contributed by atoms with van der Waals surface area (Å²) < 4.78 is 17.6. The predicted octanol–water partition coefficient (Wildman–Crippen LogP) is 1.34. The number of methoxy groups -OCH3 is 1. The van der Waals surface area contributed by atoms with Crippen molar-refractivity contribution in [2.45, 2.75) is 12.5 Å². The van der Waals surface area contributed by atoms with Crippen LogP contribution in [0.3, 0.4) is 0 Å². The average Bonchev–Trinajstić information content (AvgIpc) is 2.16. The Morgan fingerprint density at radius 1 is 1.60 bits per heavy atom. The van der Waals surface area contributed by atoms with Crippen LogP contribution in [0.5, 0.6) is 5.75 Å². The van der Waals surface area contributed by atoms with Crippen molar-refractivity contribution >= 4 is 5.97 Å². The van der Waals surface area contributed by atoms with Crippen molar-refractivity contribution in [2.24, 2.45) is 0 Å². The Kier molecular flexibility index (Phi) is 3.62. The minimum atomic E-state index is -1.20. The van der Waals surface area contributed by atoms with Crippen LogP contribution < -0.4 is 4.74 Å². The molecule has 1 rings (SSSR count). The first-order valence-electron chi connectivity index (χ1n) is 4.28. The van der Waals surface area contributed by atoms with E-state index in [0.717, 1.165) is 12.1 Å². The fourth-order valence-corrected chi connectivity index (χ4v) is 1.24. The number of halogens is 1. The molecule has 0 saturated carbocycles. The van der Waals surface area contributed by atoms with Gasteiger partial charge in [-0.3, -0.25) is 4.79 Å². The summed E-state index contributed by atoms with van der Waals surface area (Å²) in [6, 6.07) is 3.55. The molecule has 2 N–H and O–H groups in total. The van der Waals surface area contributed by atoms with Crippen molar-refractivity contribution in [3.63, 3.8) is 0 Å². The Morgan fingerprint density at radius 2 is 2.27 bits per heavy atom. The van der Waals surface area contributed by atoms with E-state index < -0.39 is 24.3 Å². The monoisotopic (exact) mass is 214 g/mol. The van der Waals surface area contributed by atoms with Crippen molar-refractivity contribution < 1.29 is 24.1 Å². The SMILES string of the molecule is COc1cc(F)ccc1C(O)CC(=O)O. The summed E-state index contributed by atoms with van der Waals surface area (Å²) in [6.07, 6.45) is -1.64. The van der Waals surface area contributed by atoms with Crippen molar-refractivity contribution in [1.29, 1.82) is 0 Å². The number of hydrogen-bond acceptors (Lipinski definition) is 3. The van der Waals surface area contributed by atoms with Crippen LogP contribution in [-0.2, 0) is 4.79 Å². The van der Waals surface area contributed by atoms with Gasteiger partial charge in [0, 0.05) is 11.6 Å². The third-order valence-corrected chi connectivity index (χ3v) is 1.92. The van der Waals surface area contributed by atoms with E-state index in [4.69, 9.17) is 9.84 Å². The van der Waals surface area contributed by atoms with E-state index in [1.165, 1.54) is 13.2 Å². The normalized spacial score (nSPS) is 12.2. The van der Waals surface area contributed by atoms with Crippen LogP contribution in [0.4, 0.5) is 4.39 Å². The zero-order chi connectivity index (χ0) is 11.4. The van der Waals surface area contributed by atoms with Crippen molar-refractivity contribution in [2.75, 3.05) is 7.11 Å². The summed E-state index contributed by atoms with van der Waals surface area (Å²) in [7, 11) is 1.33. The van der Waals surface area contributed by atoms with E-state index in [-0.39, 0.29) is 11.3 Å². The number of aliphatic hydroxyl groups excluding tert-OH is 1. The Balaban J connectivity index is 2.97. The number of carboxylic acids is 1. The highest BCUT2D eigenvalue weighted by atomic mass is 19.1. The number of carbonyl (C=O) groups is 1. The summed E-state index contributed by atoms with van der Waals surface area (Å²) >= 11 is 0. The third-order valence-electron chi connectivity index (χ3n) is 1.92. The minimum Gasteiger partial charge on any atom is -0.496 e. The molecule has 1 unspecified atom stereocenters. The molecule has 0 radical (unpaired) electrons. The maximum atomic E-state index is 12.8. The number of ether oxygens (including phenoxy) is 1. The number of benzene rings is 1. The molecule has 1 aromatic rings. The predicted molar refractivity (Wildman–Crippen MR) is 50.2 cm³/mol. The Hall–Kier alpha value is -1.62. The van der Waals surface area contributed by atoms with E-state index in [1.54, 1.807) is 0 Å². The number of rotatable bonds is 4. The molecule has 0 bridgehead atoms. The topological polar surface area (TPSA) is 66.8 Å². The number of carboxylic acid groups (broad SMARTS) is 1. The molecule has 15 heavy (non-hydrogen) atoms. The number of hydrogen-bond donors (Lipinski definition) is 2. The highest BCUT2D eigenvalue weighted by Gasteiger charge is 2.16. The summed E-state index contributed by atoms with van der Waals surface area (Å²) in [5.41, 5.74) is 0.265. The lowest BCUT2D eigenvalue weighted by atomic mass is 10.1. The van der Waals surface area contributed by atoms with Gasteiger partial charge in [-0.1, -0.05) is 0 Å². The minimum absolute atomic E-state index is 0.142. The molecule has 0 spiro atoms. The van der Waals surface area contributed by atoms with Gasteiger partial charge < -0.3 is 14.9 Å². The van der Waals surface area contributed by atoms with Crippen LogP contribution in [0.15, 0.2) is 18.2 Å². The van der Waals surface area contributed by atoms with E-state index >= 15 is 0 Å². The fraction of sp³-hybridized carbons (Fsp3) is 0.300. The highest BCUT2D eigenvalue weighted by Crippen LogP contribution is 2.27. The molecule has 5 heteroatoms. The Labute approximate surface area is 85.9 Å². The molecule has 82 valence electrons. The van der Waals surface area contributed by atoms with Crippen LogP contribution in [0.25, 0.3) is 0 Å². The van der Waals surface area contributed by atoms with Crippen LogP contribution in [0.2, 0.25) is 0 Å². The third kappa shape index (κ3) is 2.92. The zero-order valence-corrected chi connectivity index (χ0v) is 8.11. The summed E-state index contributed by atoms with van der Waals surface area (Å²) in [5.74, 6) is -1.49. The maximum absolute atomic E-state index is 12.8. The van der Waals surface area contributed by atoms with Crippen molar-refractivity contribution in [3.8, 4) is 5.75 Å². The molecule has 0 aliphatic rings. The molecule has 0 amide bonds. The number of aliphatic hydroxyl groups is 1. The van der Waals surface area contributed by atoms with Gasteiger partial charge in [0.25, 0.3) is 0 Å². The first-order valence-corrected chi connectivity index (χ1v) is 4.28. The smallest absolute Gasteiger partial charge is 0.306 e. The molecule has 4 nitrogen and oxygen atoms in total. The molecule has 1 atom stereocenters. The molecule has 0 saturated heterocycles. The lowest BCUT2D eigenvalue weighted by molar-refractivity contribution is -0.139. The van der Waals surface area contributed by atoms with E-state index in [1.807, 2.05) is 0 Å². The van der Waals surface area contributed by atoms with E-state index in [9.17, 15) is 14.3 Å². The largest absolute Gasteiger partial charge is 0.496 e. The molecule has 0 fully saturated rings. The van der Waals surface area contributed by atoms with Crippen LogP contribution in [-0.4, -0.2) is 23.3 Å². The molecular formula is C10H11FO4. The van der Waals surface area contributed by atoms with Crippen molar-refractivity contribution in [1.82, 2.24) is 0 Å². The quantitative estimate of drug-likeness (QED) is 0.793. The Morgan fingerprint density at radius 3 is 2.80 bits per heavy atom. The summed E-state index contributed by atoms with van der Waals surface area (Å²) in [6.45, 7) is 0. The second kappa shape index (κ2) is 4.75. The lowest BCUT2D eigenvalue weighted by Gasteiger charge is -2.12. The molecule has 0 aliphatic carbocycles. The molecular weight excluding hydrogens is 203 g/mol. The highest BCUT2D eigenvalue weighted by molar-refractivity contribution is 5.67. The molecule has 1 aromatic carbocycles. The molecule has 0 aliphatic heterocycles. The van der Waals surface area contributed by atoms with Crippen LogP contribution in [0, 0.1) is 5.82 Å². The first-order chi connectivity index (χ1) is 7.04. The Bertz CT molecular complexity index is 364. The van der Waals surface area contributed by atoms with E-state index in [0.29, 0.717) is 0 Å². The van der Waals surface area contributed by atoms with Gasteiger partial charge in [0.05, 0.1) is 19.6 Å². The second-order valence-corrected chi connectivity index (χ2v) is 3.00. The van der Waals surface area contributed by atoms with Crippen LogP contribution >= 0.6 is 0 Å². The second-order valence-electron chi connectivity index (χ2n) is 3.00. The maximum Gasteiger partial charge on any atom is 0.306 e. The van der Waals surface area contributed by atoms with Gasteiger partial charge in [0.1, 0.15) is 11.6 Å². The summed E-state index contributed by atoms with van der Waals surface area (Å²) in [5, 5.41) is 18.0. The molecule has 0 heterocycles. The number of aliphatic carboxylic acids is 1. The van der Waals surface area contributed by atoms with E-state index in [2.05, 4.69) is 0 Å². The zero-order valence-electron chi connectivity index (χ0n) is 8.11. The van der Waals surface area contributed by atoms with Gasteiger partial charge in [0.2, 0.25) is 0 Å². The average molecular weight is 214 g/mol. The van der Waals surface area contributed by atoms with Gasteiger partial charge in [-0.05, 0) is 12.1 Å². The molecule has 0 aromatic heterocycles. The van der Waals surface area contributed by atoms with Gasteiger partial charge in [-0.15, -0.1) is 0 Å². The van der Waals surface area contributed by atoms with Crippen LogP contribution in [0.1, 0.15) is 18.1 Å². The standard InChI is InChI=1S/C10H11FO4/c1-15-9-4-6(11)2-3-7(9)8(12)5-10(13)14/h2-4,8,12H,5H2,1H3,(H,13,14). The van der Waals surface area contributed by atoms with Gasteiger partial charge in [0.15, 0.2) is 0 Å². The van der Waals surface area contributed by atoms with Gasteiger partial charge in [-0.2, -0.15) is 0 Å².